The standard InChI is InChI=1S/C13H15FN2.C2H6/c14-12-3-1-11(2-4-12)9-13(10-15)5-7-16-8-6-13;1-2/h1-4,16H,5-9H2;1-2H3. The minimum atomic E-state index is -0.261. The first kappa shape index (κ1) is 14.7. The molecule has 1 fully saturated rings. The lowest BCUT2D eigenvalue weighted by Gasteiger charge is -2.31. The van der Waals surface area contributed by atoms with Crippen LogP contribution in [0.25, 0.3) is 0 Å². The van der Waals surface area contributed by atoms with Gasteiger partial charge in [-0.1, -0.05) is 26.0 Å². The number of hydrogen-bond acceptors (Lipinski definition) is 2. The summed E-state index contributed by atoms with van der Waals surface area (Å²) in [5.41, 5.74) is 0.785. The Hall–Kier alpha value is -1.40. The Morgan fingerprint density at radius 1 is 1.22 bits per heavy atom. The predicted molar refractivity (Wildman–Crippen MR) is 71.6 cm³/mol. The van der Waals surface area contributed by atoms with E-state index in [0.29, 0.717) is 0 Å². The highest BCUT2D eigenvalue weighted by Gasteiger charge is 2.31. The summed E-state index contributed by atoms with van der Waals surface area (Å²) in [6, 6.07) is 8.91. The van der Waals surface area contributed by atoms with Gasteiger partial charge in [0, 0.05) is 0 Å². The molecule has 0 amide bonds. The molecule has 0 bridgehead atoms. The van der Waals surface area contributed by atoms with Gasteiger partial charge in [0.25, 0.3) is 0 Å². The predicted octanol–water partition coefficient (Wildman–Crippen LogP) is 3.29. The number of rotatable bonds is 2. The first-order chi connectivity index (χ1) is 8.74. The second-order valence-electron chi connectivity index (χ2n) is 4.45. The van der Waals surface area contributed by atoms with Crippen LogP contribution in [0.3, 0.4) is 0 Å². The molecular weight excluding hydrogens is 227 g/mol. The van der Waals surface area contributed by atoms with Crippen molar-refractivity contribution in [3.63, 3.8) is 0 Å². The lowest BCUT2D eigenvalue weighted by molar-refractivity contribution is 0.280. The van der Waals surface area contributed by atoms with E-state index in [1.807, 2.05) is 13.8 Å². The molecule has 1 aliphatic rings. The van der Waals surface area contributed by atoms with Gasteiger partial charge in [0.15, 0.2) is 0 Å². The smallest absolute Gasteiger partial charge is 0.123 e. The van der Waals surface area contributed by atoms with Crippen LogP contribution in [0.15, 0.2) is 24.3 Å². The first-order valence-corrected chi connectivity index (χ1v) is 6.61. The Balaban J connectivity index is 0.000000771. The molecule has 3 heteroatoms. The average molecular weight is 248 g/mol. The molecule has 1 aliphatic heterocycles. The second-order valence-corrected chi connectivity index (χ2v) is 4.45. The van der Waals surface area contributed by atoms with Crippen molar-refractivity contribution in [2.75, 3.05) is 13.1 Å². The number of halogens is 1. The van der Waals surface area contributed by atoms with Crippen molar-refractivity contribution in [1.82, 2.24) is 5.32 Å². The molecule has 2 rings (SSSR count). The van der Waals surface area contributed by atoms with Crippen molar-refractivity contribution < 1.29 is 4.39 Å². The fourth-order valence-corrected chi connectivity index (χ4v) is 2.23. The van der Waals surface area contributed by atoms with Gasteiger partial charge in [-0.2, -0.15) is 5.26 Å². The number of benzene rings is 1. The highest BCUT2D eigenvalue weighted by atomic mass is 19.1. The molecule has 0 atom stereocenters. The molecule has 18 heavy (non-hydrogen) atoms. The lowest BCUT2D eigenvalue weighted by Crippen LogP contribution is -2.37. The Morgan fingerprint density at radius 2 is 1.78 bits per heavy atom. The number of nitriles is 1. The van der Waals surface area contributed by atoms with Crippen molar-refractivity contribution in [2.24, 2.45) is 5.41 Å². The number of nitrogens with zero attached hydrogens (tertiary/aromatic N) is 1. The van der Waals surface area contributed by atoms with Crippen LogP contribution in [0.1, 0.15) is 32.3 Å². The Labute approximate surface area is 109 Å². The lowest BCUT2D eigenvalue weighted by atomic mass is 9.75. The quantitative estimate of drug-likeness (QED) is 0.871. The van der Waals surface area contributed by atoms with Gasteiger partial charge in [-0.15, -0.1) is 0 Å². The largest absolute Gasteiger partial charge is 0.317 e. The molecule has 1 heterocycles. The fourth-order valence-electron chi connectivity index (χ4n) is 2.23. The van der Waals surface area contributed by atoms with Crippen molar-refractivity contribution in [3.05, 3.63) is 35.6 Å². The van der Waals surface area contributed by atoms with Crippen molar-refractivity contribution in [3.8, 4) is 6.07 Å². The Morgan fingerprint density at radius 3 is 2.28 bits per heavy atom. The van der Waals surface area contributed by atoms with Gasteiger partial charge in [-0.05, 0) is 50.0 Å². The minimum Gasteiger partial charge on any atom is -0.317 e. The van der Waals surface area contributed by atoms with Gasteiger partial charge >= 0.3 is 0 Å². The van der Waals surface area contributed by atoms with Crippen molar-refractivity contribution >= 4 is 0 Å². The zero-order valence-corrected chi connectivity index (χ0v) is 11.2. The van der Waals surface area contributed by atoms with Gasteiger partial charge in [0.1, 0.15) is 5.82 Å². The number of nitrogens with one attached hydrogen (secondary N) is 1. The SMILES string of the molecule is CC.N#CC1(Cc2ccc(F)cc2)CCNCC1. The second kappa shape index (κ2) is 7.13. The molecule has 0 aliphatic carbocycles. The van der Waals surface area contributed by atoms with E-state index >= 15 is 0 Å². The van der Waals surface area contributed by atoms with Gasteiger partial charge in [0.05, 0.1) is 11.5 Å². The minimum absolute atomic E-state index is 0.222. The third-order valence-electron chi connectivity index (χ3n) is 3.25. The summed E-state index contributed by atoms with van der Waals surface area (Å²) in [7, 11) is 0. The maximum atomic E-state index is 12.8. The summed E-state index contributed by atoms with van der Waals surface area (Å²) in [6.07, 6.45) is 2.48. The summed E-state index contributed by atoms with van der Waals surface area (Å²) in [6.45, 7) is 5.80. The van der Waals surface area contributed by atoms with Crippen LogP contribution in [-0.4, -0.2) is 13.1 Å². The van der Waals surface area contributed by atoms with Crippen molar-refractivity contribution in [1.29, 1.82) is 5.26 Å². The van der Waals surface area contributed by atoms with E-state index in [9.17, 15) is 9.65 Å². The normalized spacial score (nSPS) is 17.2. The molecule has 0 unspecified atom stereocenters. The first-order valence-electron chi connectivity index (χ1n) is 6.61. The highest BCUT2D eigenvalue weighted by molar-refractivity contribution is 5.20. The van der Waals surface area contributed by atoms with E-state index in [4.69, 9.17) is 0 Å². The van der Waals surface area contributed by atoms with Crippen LogP contribution in [-0.2, 0) is 6.42 Å². The molecule has 98 valence electrons. The molecule has 1 N–H and O–H groups in total. The van der Waals surface area contributed by atoms with Gasteiger partial charge in [-0.25, -0.2) is 4.39 Å². The molecule has 0 aromatic heterocycles. The van der Waals surface area contributed by atoms with E-state index in [0.717, 1.165) is 37.9 Å². The summed E-state index contributed by atoms with van der Waals surface area (Å²) in [5.74, 6) is -0.222. The molecule has 1 aromatic carbocycles. The highest BCUT2D eigenvalue weighted by Crippen LogP contribution is 2.32. The number of piperidine rings is 1. The fraction of sp³-hybridized carbons (Fsp3) is 0.533. The zero-order chi connectivity index (χ0) is 13.4. The third kappa shape index (κ3) is 3.82. The van der Waals surface area contributed by atoms with Crippen LogP contribution < -0.4 is 5.32 Å². The molecule has 2 nitrogen and oxygen atoms in total. The van der Waals surface area contributed by atoms with E-state index in [-0.39, 0.29) is 11.2 Å². The molecule has 0 radical (unpaired) electrons. The van der Waals surface area contributed by atoms with Crippen molar-refractivity contribution in [2.45, 2.75) is 33.1 Å². The molecule has 1 aromatic rings. The maximum Gasteiger partial charge on any atom is 0.123 e. The van der Waals surface area contributed by atoms with Crippen LogP contribution in [0.4, 0.5) is 4.39 Å². The van der Waals surface area contributed by atoms with E-state index < -0.39 is 0 Å². The zero-order valence-electron chi connectivity index (χ0n) is 11.2. The summed E-state index contributed by atoms with van der Waals surface area (Å²) >= 11 is 0. The van der Waals surface area contributed by atoms with Crippen LogP contribution in [0.5, 0.6) is 0 Å². The summed E-state index contributed by atoms with van der Waals surface area (Å²) in [5, 5.41) is 12.6. The van der Waals surface area contributed by atoms with Crippen LogP contribution >= 0.6 is 0 Å². The molecular formula is C15H21FN2. The van der Waals surface area contributed by atoms with Gasteiger partial charge in [0.2, 0.25) is 0 Å². The topological polar surface area (TPSA) is 35.8 Å². The Kier molecular flexibility index (Phi) is 5.80. The van der Waals surface area contributed by atoms with Gasteiger partial charge < -0.3 is 5.32 Å². The van der Waals surface area contributed by atoms with Crippen LogP contribution in [0.2, 0.25) is 0 Å². The summed E-state index contributed by atoms with van der Waals surface area (Å²) < 4.78 is 12.8. The monoisotopic (exact) mass is 248 g/mol. The van der Waals surface area contributed by atoms with E-state index in [1.165, 1.54) is 12.1 Å². The van der Waals surface area contributed by atoms with Gasteiger partial charge in [-0.3, -0.25) is 0 Å². The third-order valence-corrected chi connectivity index (χ3v) is 3.25. The summed E-state index contributed by atoms with van der Waals surface area (Å²) in [4.78, 5) is 0. The maximum absolute atomic E-state index is 12.8. The van der Waals surface area contributed by atoms with Crippen LogP contribution in [0, 0.1) is 22.6 Å². The van der Waals surface area contributed by atoms with E-state index in [1.54, 1.807) is 12.1 Å². The number of hydrogen-bond donors (Lipinski definition) is 1. The van der Waals surface area contributed by atoms with E-state index in [2.05, 4.69) is 11.4 Å². The average Bonchev–Trinajstić information content (AvgIpc) is 2.45. The molecule has 0 saturated carbocycles. The molecule has 1 saturated heterocycles. The Bertz CT molecular complexity index is 386. The molecule has 0 spiro atoms.